The van der Waals surface area contributed by atoms with E-state index in [-0.39, 0.29) is 18.1 Å². The summed E-state index contributed by atoms with van der Waals surface area (Å²) < 4.78 is 11.0. The Morgan fingerprint density at radius 2 is 2.19 bits per heavy atom. The van der Waals surface area contributed by atoms with Crippen LogP contribution in [0.4, 0.5) is 5.69 Å². The number of anilines is 1. The first-order valence-electron chi connectivity index (χ1n) is 6.93. The van der Waals surface area contributed by atoms with Crippen LogP contribution in [0.15, 0.2) is 24.6 Å². The quantitative estimate of drug-likeness (QED) is 0.837. The second-order valence-corrected chi connectivity index (χ2v) is 6.05. The van der Waals surface area contributed by atoms with E-state index in [1.54, 1.807) is 0 Å². The lowest BCUT2D eigenvalue weighted by Crippen LogP contribution is -2.27. The predicted octanol–water partition coefficient (Wildman–Crippen LogP) is 2.70. The molecular formula is C16H22N2O3. The summed E-state index contributed by atoms with van der Waals surface area (Å²) in [5.74, 6) is 1.11. The fourth-order valence-electron chi connectivity index (χ4n) is 2.12. The largest absolute Gasteiger partial charge is 0.482 e. The smallest absolute Gasteiger partial charge is 0.262 e. The van der Waals surface area contributed by atoms with Crippen molar-refractivity contribution in [1.29, 1.82) is 0 Å². The van der Waals surface area contributed by atoms with Crippen molar-refractivity contribution >= 4 is 11.6 Å². The Balaban J connectivity index is 2.06. The van der Waals surface area contributed by atoms with Gasteiger partial charge in [-0.1, -0.05) is 6.07 Å². The number of nitrogens with one attached hydrogen (secondary N) is 2. The van der Waals surface area contributed by atoms with Crippen LogP contribution in [-0.2, 0) is 16.1 Å². The molecule has 1 aliphatic heterocycles. The number of hydrogen-bond acceptors (Lipinski definition) is 4. The molecule has 5 heteroatoms. The minimum Gasteiger partial charge on any atom is -0.482 e. The van der Waals surface area contributed by atoms with Gasteiger partial charge in [-0.25, -0.2) is 0 Å². The molecule has 2 N–H and O–H groups in total. The first kappa shape index (κ1) is 15.2. The van der Waals surface area contributed by atoms with Crippen molar-refractivity contribution in [2.45, 2.75) is 39.8 Å². The van der Waals surface area contributed by atoms with Crippen molar-refractivity contribution in [2.24, 2.45) is 0 Å². The topological polar surface area (TPSA) is 59.6 Å². The number of amides is 1. The summed E-state index contributed by atoms with van der Waals surface area (Å²) in [5, 5.41) is 5.99. The minimum atomic E-state index is -0.281. The van der Waals surface area contributed by atoms with E-state index in [9.17, 15) is 4.79 Å². The van der Waals surface area contributed by atoms with Crippen LogP contribution >= 0.6 is 0 Å². The number of carbonyl (C=O) groups excluding carboxylic acids is 1. The fourth-order valence-corrected chi connectivity index (χ4v) is 2.12. The summed E-state index contributed by atoms with van der Waals surface area (Å²) in [6.07, 6.45) is 0. The molecule has 0 fully saturated rings. The average molecular weight is 290 g/mol. The van der Waals surface area contributed by atoms with Crippen LogP contribution in [0.1, 0.15) is 31.9 Å². The lowest BCUT2D eigenvalue weighted by Gasteiger charge is -2.24. The van der Waals surface area contributed by atoms with Crippen LogP contribution in [0.25, 0.3) is 0 Å². The van der Waals surface area contributed by atoms with E-state index in [0.717, 1.165) is 16.8 Å². The molecule has 21 heavy (non-hydrogen) atoms. The fraction of sp³-hybridized carbons (Fsp3) is 0.438. The highest BCUT2D eigenvalue weighted by Gasteiger charge is 2.19. The number of benzene rings is 1. The highest BCUT2D eigenvalue weighted by molar-refractivity contribution is 5.96. The number of hydrogen-bond donors (Lipinski definition) is 2. The molecule has 1 aromatic carbocycles. The molecule has 0 atom stereocenters. The third-order valence-electron chi connectivity index (χ3n) is 3.07. The van der Waals surface area contributed by atoms with Gasteiger partial charge in [0.25, 0.3) is 5.91 Å². The maximum Gasteiger partial charge on any atom is 0.262 e. The van der Waals surface area contributed by atoms with E-state index in [1.807, 2.05) is 39.8 Å². The van der Waals surface area contributed by atoms with Crippen molar-refractivity contribution in [2.75, 3.05) is 11.9 Å². The number of rotatable bonds is 4. The molecule has 2 rings (SSSR count). The Hall–Kier alpha value is -2.17. The molecule has 0 radical (unpaired) electrons. The van der Waals surface area contributed by atoms with Crippen molar-refractivity contribution in [3.05, 3.63) is 35.7 Å². The van der Waals surface area contributed by atoms with Crippen LogP contribution in [0, 0.1) is 6.92 Å². The van der Waals surface area contributed by atoms with Crippen LogP contribution in [0.3, 0.4) is 0 Å². The molecule has 0 saturated heterocycles. The Morgan fingerprint density at radius 3 is 2.86 bits per heavy atom. The van der Waals surface area contributed by atoms with Gasteiger partial charge in [-0.15, -0.1) is 0 Å². The van der Waals surface area contributed by atoms with Crippen molar-refractivity contribution < 1.29 is 14.3 Å². The molecule has 1 heterocycles. The highest BCUT2D eigenvalue weighted by Crippen LogP contribution is 2.33. The molecule has 0 unspecified atom stereocenters. The van der Waals surface area contributed by atoms with Crippen molar-refractivity contribution in [3.8, 4) is 5.75 Å². The molecule has 0 bridgehead atoms. The van der Waals surface area contributed by atoms with Crippen LogP contribution in [0.2, 0.25) is 0 Å². The standard InChI is InChI=1S/C16H22N2O3/c1-10-12(8-17-11(2)21-16(3,4)5)6-7-13-15(10)18-14(19)9-20-13/h6-7,17H,2,8-9H2,1,3-5H3,(H,18,19). The second kappa shape index (κ2) is 5.68. The first-order valence-corrected chi connectivity index (χ1v) is 6.93. The van der Waals surface area contributed by atoms with Gasteiger partial charge < -0.3 is 20.1 Å². The van der Waals surface area contributed by atoms with Gasteiger partial charge in [0.05, 0.1) is 5.69 Å². The molecule has 114 valence electrons. The van der Waals surface area contributed by atoms with Crippen LogP contribution < -0.4 is 15.4 Å². The van der Waals surface area contributed by atoms with E-state index < -0.39 is 0 Å². The van der Waals surface area contributed by atoms with E-state index in [1.165, 1.54) is 0 Å². The highest BCUT2D eigenvalue weighted by atomic mass is 16.5. The molecule has 1 amide bonds. The van der Waals surface area contributed by atoms with Gasteiger partial charge in [-0.3, -0.25) is 4.79 Å². The lowest BCUT2D eigenvalue weighted by molar-refractivity contribution is -0.118. The van der Waals surface area contributed by atoms with E-state index in [2.05, 4.69) is 17.2 Å². The molecule has 0 aromatic heterocycles. The monoisotopic (exact) mass is 290 g/mol. The maximum absolute atomic E-state index is 11.4. The molecule has 0 aliphatic carbocycles. The molecule has 0 spiro atoms. The summed E-state index contributed by atoms with van der Waals surface area (Å²) in [6, 6.07) is 3.84. The van der Waals surface area contributed by atoms with Gasteiger partial charge in [-0.05, 0) is 51.5 Å². The van der Waals surface area contributed by atoms with Crippen molar-refractivity contribution in [3.63, 3.8) is 0 Å². The number of ether oxygens (including phenoxy) is 2. The van der Waals surface area contributed by atoms with Gasteiger partial charge in [0, 0.05) is 6.54 Å². The normalized spacial score (nSPS) is 13.8. The zero-order valence-electron chi connectivity index (χ0n) is 13.0. The van der Waals surface area contributed by atoms with E-state index in [0.29, 0.717) is 18.2 Å². The van der Waals surface area contributed by atoms with E-state index in [4.69, 9.17) is 9.47 Å². The van der Waals surface area contributed by atoms with Crippen molar-refractivity contribution in [1.82, 2.24) is 5.32 Å². The maximum atomic E-state index is 11.4. The van der Waals surface area contributed by atoms with E-state index >= 15 is 0 Å². The van der Waals surface area contributed by atoms with Gasteiger partial charge in [-0.2, -0.15) is 0 Å². The zero-order valence-corrected chi connectivity index (χ0v) is 13.0. The Kier molecular flexibility index (Phi) is 4.11. The first-order chi connectivity index (χ1) is 9.76. The van der Waals surface area contributed by atoms with Crippen LogP contribution in [-0.4, -0.2) is 18.1 Å². The Bertz CT molecular complexity index is 574. The molecular weight excluding hydrogens is 268 g/mol. The average Bonchev–Trinajstić information content (AvgIpc) is 2.36. The summed E-state index contributed by atoms with van der Waals surface area (Å²) in [4.78, 5) is 11.4. The number of fused-ring (bicyclic) bond motifs is 1. The zero-order chi connectivity index (χ0) is 15.6. The summed E-state index contributed by atoms with van der Waals surface area (Å²) in [5.41, 5.74) is 2.50. The Morgan fingerprint density at radius 1 is 1.48 bits per heavy atom. The minimum absolute atomic E-state index is 0.0697. The third-order valence-corrected chi connectivity index (χ3v) is 3.07. The van der Waals surface area contributed by atoms with Gasteiger partial charge in [0.1, 0.15) is 11.4 Å². The predicted molar refractivity (Wildman–Crippen MR) is 82.1 cm³/mol. The summed E-state index contributed by atoms with van der Waals surface area (Å²) in [6.45, 7) is 12.4. The molecule has 5 nitrogen and oxygen atoms in total. The van der Waals surface area contributed by atoms with Gasteiger partial charge >= 0.3 is 0 Å². The van der Waals surface area contributed by atoms with Crippen LogP contribution in [0.5, 0.6) is 5.75 Å². The third kappa shape index (κ3) is 3.90. The summed E-state index contributed by atoms with van der Waals surface area (Å²) >= 11 is 0. The SMILES string of the molecule is C=C(NCc1ccc2c(c1C)NC(=O)CO2)OC(C)(C)C. The number of carbonyl (C=O) groups is 1. The molecule has 0 saturated carbocycles. The lowest BCUT2D eigenvalue weighted by atomic mass is 10.0. The second-order valence-electron chi connectivity index (χ2n) is 6.05. The Labute approximate surface area is 125 Å². The van der Waals surface area contributed by atoms with Gasteiger partial charge in [0.2, 0.25) is 0 Å². The summed E-state index contributed by atoms with van der Waals surface area (Å²) in [7, 11) is 0. The van der Waals surface area contributed by atoms with Gasteiger partial charge in [0.15, 0.2) is 12.5 Å². The molecule has 1 aliphatic rings. The molecule has 1 aromatic rings.